The molecule has 0 amide bonds. The monoisotopic (exact) mass is 305 g/mol. The van der Waals surface area contributed by atoms with Crippen molar-refractivity contribution in [3.8, 4) is 5.75 Å². The van der Waals surface area contributed by atoms with Crippen molar-refractivity contribution in [1.82, 2.24) is 0 Å². The second kappa shape index (κ2) is 5.97. The Morgan fingerprint density at radius 3 is 2.82 bits per heavy atom. The molecule has 0 saturated heterocycles. The Kier molecular flexibility index (Phi) is 4.89. The summed E-state index contributed by atoms with van der Waals surface area (Å²) in [5.41, 5.74) is 6.00. The van der Waals surface area contributed by atoms with Crippen molar-refractivity contribution in [3.05, 3.63) is 28.0 Å². The van der Waals surface area contributed by atoms with Gasteiger partial charge < -0.3 is 15.6 Å². The van der Waals surface area contributed by atoms with Crippen LogP contribution in [0.15, 0.2) is 16.6 Å². The first-order chi connectivity index (χ1) is 7.95. The molecular weight excluding hydrogens is 293 g/mol. The molecule has 1 aromatic rings. The normalized spacial score (nSPS) is 12.2. The van der Waals surface area contributed by atoms with Gasteiger partial charge in [-0.3, -0.25) is 4.79 Å². The number of methoxy groups -OCH3 is 1. The van der Waals surface area contributed by atoms with Crippen LogP contribution in [0.3, 0.4) is 0 Å². The summed E-state index contributed by atoms with van der Waals surface area (Å²) in [5.74, 6) is -0.967. The predicted octanol–water partition coefficient (Wildman–Crippen LogP) is 2.46. The minimum absolute atomic E-state index is 0.102. The molecule has 0 heterocycles. The third-order valence-electron chi connectivity index (χ3n) is 2.33. The van der Waals surface area contributed by atoms with Gasteiger partial charge in [-0.2, -0.15) is 0 Å². The molecule has 1 atom stereocenters. The van der Waals surface area contributed by atoms with Crippen molar-refractivity contribution in [1.29, 1.82) is 0 Å². The summed E-state index contributed by atoms with van der Waals surface area (Å²) in [5, 5.41) is 8.55. The molecule has 0 aliphatic carbocycles. The number of aliphatic carboxylic acids is 1. The fourth-order valence-corrected chi connectivity index (χ4v) is 1.86. The number of carboxylic acids is 1. The molecule has 17 heavy (non-hydrogen) atoms. The van der Waals surface area contributed by atoms with Gasteiger partial charge in [-0.05, 0) is 34.5 Å². The van der Waals surface area contributed by atoms with E-state index in [1.165, 1.54) is 19.2 Å². The van der Waals surface area contributed by atoms with Crippen molar-refractivity contribution in [2.45, 2.75) is 18.9 Å². The zero-order valence-corrected chi connectivity index (χ0v) is 10.8. The van der Waals surface area contributed by atoms with Crippen LogP contribution in [0.2, 0.25) is 0 Å². The van der Waals surface area contributed by atoms with Crippen molar-refractivity contribution >= 4 is 21.9 Å². The summed E-state index contributed by atoms with van der Waals surface area (Å²) in [6.45, 7) is 0. The van der Waals surface area contributed by atoms with Gasteiger partial charge in [0, 0.05) is 18.0 Å². The maximum Gasteiger partial charge on any atom is 0.303 e. The van der Waals surface area contributed by atoms with E-state index < -0.39 is 17.8 Å². The summed E-state index contributed by atoms with van der Waals surface area (Å²) < 4.78 is 19.0. The third-order valence-corrected chi connectivity index (χ3v) is 2.91. The highest BCUT2D eigenvalue weighted by molar-refractivity contribution is 9.10. The molecule has 3 N–H and O–H groups in total. The number of ether oxygens (including phenoxy) is 1. The Morgan fingerprint density at radius 1 is 1.65 bits per heavy atom. The first-order valence-corrected chi connectivity index (χ1v) is 5.75. The lowest BCUT2D eigenvalue weighted by Gasteiger charge is -2.14. The van der Waals surface area contributed by atoms with Gasteiger partial charge in [0.1, 0.15) is 11.6 Å². The van der Waals surface area contributed by atoms with Crippen LogP contribution in [-0.4, -0.2) is 18.2 Å². The Balaban J connectivity index is 2.95. The number of rotatable bonds is 5. The highest BCUT2D eigenvalue weighted by atomic mass is 79.9. The van der Waals surface area contributed by atoms with E-state index in [2.05, 4.69) is 15.9 Å². The first kappa shape index (κ1) is 13.9. The van der Waals surface area contributed by atoms with Gasteiger partial charge >= 0.3 is 5.97 Å². The van der Waals surface area contributed by atoms with Crippen LogP contribution < -0.4 is 10.5 Å². The molecule has 0 aromatic heterocycles. The number of carbonyl (C=O) groups is 1. The number of halogens is 2. The van der Waals surface area contributed by atoms with Gasteiger partial charge in [0.05, 0.1) is 11.6 Å². The molecule has 0 aliphatic rings. The molecule has 94 valence electrons. The summed E-state index contributed by atoms with van der Waals surface area (Å²) in [6.07, 6.45) is 0.0707. The molecule has 1 rings (SSSR count). The minimum atomic E-state index is -0.956. The third kappa shape index (κ3) is 3.67. The number of hydrogen-bond acceptors (Lipinski definition) is 3. The Morgan fingerprint density at radius 2 is 2.29 bits per heavy atom. The summed E-state index contributed by atoms with van der Waals surface area (Å²) in [6, 6.07) is 2.30. The highest BCUT2D eigenvalue weighted by Gasteiger charge is 2.16. The molecule has 0 aliphatic heterocycles. The Bertz CT molecular complexity index is 425. The maximum atomic E-state index is 13.8. The zero-order chi connectivity index (χ0) is 13.0. The molecule has 1 aromatic carbocycles. The fourth-order valence-electron chi connectivity index (χ4n) is 1.41. The Hall–Kier alpha value is -1.14. The summed E-state index contributed by atoms with van der Waals surface area (Å²) in [7, 11) is 1.46. The second-order valence-corrected chi connectivity index (χ2v) is 4.41. The van der Waals surface area contributed by atoms with Gasteiger partial charge in [0.25, 0.3) is 0 Å². The van der Waals surface area contributed by atoms with Gasteiger partial charge in [-0.25, -0.2) is 4.39 Å². The largest absolute Gasteiger partial charge is 0.497 e. The molecular formula is C11H13BrFNO3. The predicted molar refractivity (Wildman–Crippen MR) is 64.5 cm³/mol. The molecule has 0 saturated carbocycles. The molecule has 6 heteroatoms. The van der Waals surface area contributed by atoms with E-state index >= 15 is 0 Å². The van der Waals surface area contributed by atoms with E-state index in [-0.39, 0.29) is 22.9 Å². The number of benzene rings is 1. The average Bonchev–Trinajstić information content (AvgIpc) is 2.29. The molecule has 0 radical (unpaired) electrons. The van der Waals surface area contributed by atoms with Gasteiger partial charge in [-0.15, -0.1) is 0 Å². The SMILES string of the molecule is COc1cc(Br)c(F)c(C(N)CCC(=O)O)c1. The topological polar surface area (TPSA) is 72.5 Å². The first-order valence-electron chi connectivity index (χ1n) is 4.96. The number of hydrogen-bond donors (Lipinski definition) is 2. The van der Waals surface area contributed by atoms with E-state index in [9.17, 15) is 9.18 Å². The van der Waals surface area contributed by atoms with E-state index in [0.29, 0.717) is 5.75 Å². The van der Waals surface area contributed by atoms with Crippen molar-refractivity contribution in [2.75, 3.05) is 7.11 Å². The average molecular weight is 306 g/mol. The van der Waals surface area contributed by atoms with Crippen molar-refractivity contribution in [2.24, 2.45) is 5.73 Å². The van der Waals surface area contributed by atoms with Crippen LogP contribution in [0.1, 0.15) is 24.4 Å². The summed E-state index contributed by atoms with van der Waals surface area (Å²) >= 11 is 3.06. The van der Waals surface area contributed by atoms with Gasteiger partial charge in [0.15, 0.2) is 0 Å². The zero-order valence-electron chi connectivity index (χ0n) is 9.24. The van der Waals surface area contributed by atoms with Crippen molar-refractivity contribution in [3.63, 3.8) is 0 Å². The molecule has 0 fully saturated rings. The van der Waals surface area contributed by atoms with Crippen LogP contribution in [0.25, 0.3) is 0 Å². The molecule has 0 bridgehead atoms. The van der Waals surface area contributed by atoms with Crippen LogP contribution in [-0.2, 0) is 4.79 Å². The standard InChI is InChI=1S/C11H13BrFNO3/c1-17-6-4-7(11(13)8(12)5-6)9(14)2-3-10(15)16/h4-5,9H,2-3,14H2,1H3,(H,15,16). The van der Waals surface area contributed by atoms with E-state index in [1.807, 2.05) is 0 Å². The van der Waals surface area contributed by atoms with Crippen LogP contribution in [0, 0.1) is 5.82 Å². The lowest BCUT2D eigenvalue weighted by molar-refractivity contribution is -0.137. The van der Waals surface area contributed by atoms with E-state index in [4.69, 9.17) is 15.6 Å². The number of nitrogens with two attached hydrogens (primary N) is 1. The van der Waals surface area contributed by atoms with Crippen LogP contribution >= 0.6 is 15.9 Å². The van der Waals surface area contributed by atoms with E-state index in [0.717, 1.165) is 0 Å². The number of carboxylic acid groups (broad SMARTS) is 1. The fraction of sp³-hybridized carbons (Fsp3) is 0.364. The minimum Gasteiger partial charge on any atom is -0.497 e. The quantitative estimate of drug-likeness (QED) is 0.876. The summed E-state index contributed by atoms with van der Waals surface area (Å²) in [4.78, 5) is 10.4. The van der Waals surface area contributed by atoms with E-state index in [1.54, 1.807) is 0 Å². The molecule has 1 unspecified atom stereocenters. The van der Waals surface area contributed by atoms with Gasteiger partial charge in [0.2, 0.25) is 0 Å². The van der Waals surface area contributed by atoms with Crippen LogP contribution in [0.4, 0.5) is 4.39 Å². The smallest absolute Gasteiger partial charge is 0.303 e. The lowest BCUT2D eigenvalue weighted by atomic mass is 10.0. The molecule has 4 nitrogen and oxygen atoms in total. The molecule has 0 spiro atoms. The van der Waals surface area contributed by atoms with Gasteiger partial charge in [-0.1, -0.05) is 0 Å². The van der Waals surface area contributed by atoms with Crippen LogP contribution in [0.5, 0.6) is 5.75 Å². The van der Waals surface area contributed by atoms with Crippen molar-refractivity contribution < 1.29 is 19.0 Å². The lowest BCUT2D eigenvalue weighted by Crippen LogP contribution is -2.14. The maximum absolute atomic E-state index is 13.8. The Labute approximate surface area is 107 Å². The second-order valence-electron chi connectivity index (χ2n) is 3.55. The highest BCUT2D eigenvalue weighted by Crippen LogP contribution is 2.30.